The zero-order chi connectivity index (χ0) is 16.6. The molecule has 6 heteroatoms. The van der Waals surface area contributed by atoms with Crippen molar-refractivity contribution in [3.63, 3.8) is 0 Å². The molecular formula is C17H18FN3O2. The number of carbonyl (C=O) groups is 1. The fourth-order valence-corrected chi connectivity index (χ4v) is 3.15. The molecule has 0 radical (unpaired) electrons. The summed E-state index contributed by atoms with van der Waals surface area (Å²) in [4.78, 5) is 33.4. The number of aromatic amines is 1. The number of nitrogens with one attached hydrogen (secondary N) is 1. The van der Waals surface area contributed by atoms with Crippen molar-refractivity contribution in [3.8, 4) is 0 Å². The molecule has 3 rings (SSSR count). The zero-order valence-corrected chi connectivity index (χ0v) is 13.1. The second kappa shape index (κ2) is 5.61. The number of aromatic nitrogens is 2. The first kappa shape index (κ1) is 15.4. The molecule has 1 fully saturated rings. The van der Waals surface area contributed by atoms with Gasteiger partial charge in [0.15, 0.2) is 0 Å². The second-order valence-corrected chi connectivity index (χ2v) is 6.08. The summed E-state index contributed by atoms with van der Waals surface area (Å²) in [6.07, 6.45) is 1.50. The standard InChI is InChI=1S/C17H18FN3O2/c1-11-9-14(22)20-16(19-11)17(2)7-4-8-21(17)15(23)12-5-3-6-13(18)10-12/h3,5-6,9-10H,4,7-8H2,1-2H3,(H,19,20,22)/t17-/m1/s1. The number of rotatable bonds is 2. The molecule has 23 heavy (non-hydrogen) atoms. The molecule has 1 N–H and O–H groups in total. The molecule has 1 saturated heterocycles. The largest absolute Gasteiger partial charge is 0.326 e. The molecule has 5 nitrogen and oxygen atoms in total. The third kappa shape index (κ3) is 2.76. The van der Waals surface area contributed by atoms with Crippen molar-refractivity contribution in [3.05, 3.63) is 63.6 Å². The van der Waals surface area contributed by atoms with Gasteiger partial charge in [0.1, 0.15) is 11.6 Å². The quantitative estimate of drug-likeness (QED) is 0.925. The highest BCUT2D eigenvalue weighted by Gasteiger charge is 2.43. The molecule has 0 unspecified atom stereocenters. The number of hydrogen-bond donors (Lipinski definition) is 1. The molecule has 120 valence electrons. The van der Waals surface area contributed by atoms with E-state index in [4.69, 9.17) is 0 Å². The van der Waals surface area contributed by atoms with Crippen LogP contribution < -0.4 is 5.56 Å². The Morgan fingerprint density at radius 3 is 2.87 bits per heavy atom. The summed E-state index contributed by atoms with van der Waals surface area (Å²) in [5, 5.41) is 0. The maximum atomic E-state index is 13.4. The topological polar surface area (TPSA) is 66.1 Å². The lowest BCUT2D eigenvalue weighted by molar-refractivity contribution is 0.0602. The van der Waals surface area contributed by atoms with Crippen molar-refractivity contribution in [2.45, 2.75) is 32.2 Å². The van der Waals surface area contributed by atoms with E-state index in [2.05, 4.69) is 9.97 Å². The Labute approximate surface area is 133 Å². The maximum absolute atomic E-state index is 13.4. The van der Waals surface area contributed by atoms with E-state index >= 15 is 0 Å². The van der Waals surface area contributed by atoms with Crippen molar-refractivity contribution in [2.75, 3.05) is 6.54 Å². The lowest BCUT2D eigenvalue weighted by atomic mass is 9.96. The van der Waals surface area contributed by atoms with Crippen LogP contribution in [0.3, 0.4) is 0 Å². The second-order valence-electron chi connectivity index (χ2n) is 6.08. The van der Waals surface area contributed by atoms with Gasteiger partial charge in [-0.25, -0.2) is 9.37 Å². The average molecular weight is 315 g/mol. The SMILES string of the molecule is Cc1cc(=O)[nH]c([C@@]2(C)CCCN2C(=O)c2cccc(F)c2)n1. The van der Waals surface area contributed by atoms with E-state index < -0.39 is 11.4 Å². The van der Waals surface area contributed by atoms with Crippen LogP contribution in [0, 0.1) is 12.7 Å². The van der Waals surface area contributed by atoms with Gasteiger partial charge in [-0.2, -0.15) is 0 Å². The Morgan fingerprint density at radius 2 is 2.17 bits per heavy atom. The van der Waals surface area contributed by atoms with Gasteiger partial charge in [0, 0.05) is 23.9 Å². The number of amides is 1. The van der Waals surface area contributed by atoms with Crippen molar-refractivity contribution >= 4 is 5.91 Å². The van der Waals surface area contributed by atoms with Crippen molar-refractivity contribution in [2.24, 2.45) is 0 Å². The molecule has 2 heterocycles. The number of benzene rings is 1. The third-order valence-electron chi connectivity index (χ3n) is 4.34. The minimum atomic E-state index is -0.700. The van der Waals surface area contributed by atoms with Crippen LogP contribution >= 0.6 is 0 Å². The molecule has 0 saturated carbocycles. The fourth-order valence-electron chi connectivity index (χ4n) is 3.15. The van der Waals surface area contributed by atoms with Gasteiger partial charge < -0.3 is 9.88 Å². The van der Waals surface area contributed by atoms with E-state index in [0.717, 1.165) is 6.42 Å². The first-order valence-electron chi connectivity index (χ1n) is 7.56. The lowest BCUT2D eigenvalue weighted by Gasteiger charge is -2.34. The summed E-state index contributed by atoms with van der Waals surface area (Å²) in [5.74, 6) is -0.225. The van der Waals surface area contributed by atoms with Gasteiger partial charge in [0.2, 0.25) is 0 Å². The highest BCUT2D eigenvalue weighted by molar-refractivity contribution is 5.95. The monoisotopic (exact) mass is 315 g/mol. The zero-order valence-electron chi connectivity index (χ0n) is 13.1. The fraction of sp³-hybridized carbons (Fsp3) is 0.353. The van der Waals surface area contributed by atoms with Crippen LogP contribution in [0.4, 0.5) is 4.39 Å². The number of halogens is 1. The van der Waals surface area contributed by atoms with Gasteiger partial charge in [-0.1, -0.05) is 6.07 Å². The number of carbonyl (C=O) groups excluding carboxylic acids is 1. The summed E-state index contributed by atoms with van der Waals surface area (Å²) in [7, 11) is 0. The predicted octanol–water partition coefficient (Wildman–Crippen LogP) is 2.37. The number of hydrogen-bond acceptors (Lipinski definition) is 3. The molecule has 2 aromatic rings. The predicted molar refractivity (Wildman–Crippen MR) is 83.6 cm³/mol. The van der Waals surface area contributed by atoms with E-state index in [1.54, 1.807) is 17.9 Å². The lowest BCUT2D eigenvalue weighted by Crippen LogP contribution is -2.45. The number of H-pyrrole nitrogens is 1. The highest BCUT2D eigenvalue weighted by atomic mass is 19.1. The van der Waals surface area contributed by atoms with E-state index in [1.807, 2.05) is 6.92 Å². The molecule has 0 spiro atoms. The van der Waals surface area contributed by atoms with E-state index in [9.17, 15) is 14.0 Å². The van der Waals surface area contributed by atoms with Crippen LogP contribution in [0.25, 0.3) is 0 Å². The Bertz CT molecular complexity index is 817. The van der Waals surface area contributed by atoms with Crippen LogP contribution in [0.15, 0.2) is 35.1 Å². The normalized spacial score (nSPS) is 20.7. The molecule has 1 aliphatic rings. The average Bonchev–Trinajstić information content (AvgIpc) is 2.89. The number of nitrogens with zero attached hydrogens (tertiary/aromatic N) is 2. The van der Waals surface area contributed by atoms with E-state index in [1.165, 1.54) is 24.3 Å². The summed E-state index contributed by atoms with van der Waals surface area (Å²) < 4.78 is 13.4. The van der Waals surface area contributed by atoms with Gasteiger partial charge in [-0.15, -0.1) is 0 Å². The molecule has 1 amide bonds. The first-order valence-corrected chi connectivity index (χ1v) is 7.56. The van der Waals surface area contributed by atoms with Crippen LogP contribution in [0.2, 0.25) is 0 Å². The smallest absolute Gasteiger partial charge is 0.254 e. The van der Waals surface area contributed by atoms with E-state index in [0.29, 0.717) is 30.0 Å². The summed E-state index contributed by atoms with van der Waals surface area (Å²) in [5.41, 5.74) is -0.0314. The number of likely N-dealkylation sites (tertiary alicyclic amines) is 1. The van der Waals surface area contributed by atoms with Crippen LogP contribution in [0.1, 0.15) is 41.6 Å². The first-order chi connectivity index (χ1) is 10.9. The highest BCUT2D eigenvalue weighted by Crippen LogP contribution is 2.37. The van der Waals surface area contributed by atoms with Gasteiger partial charge >= 0.3 is 0 Å². The Balaban J connectivity index is 2.02. The van der Waals surface area contributed by atoms with Gasteiger partial charge in [0.25, 0.3) is 11.5 Å². The van der Waals surface area contributed by atoms with Crippen molar-refractivity contribution in [1.82, 2.24) is 14.9 Å². The third-order valence-corrected chi connectivity index (χ3v) is 4.34. The molecule has 1 atom stereocenters. The minimum absolute atomic E-state index is 0.237. The van der Waals surface area contributed by atoms with Gasteiger partial charge in [0.05, 0.1) is 5.54 Å². The van der Waals surface area contributed by atoms with E-state index in [-0.39, 0.29) is 11.5 Å². The minimum Gasteiger partial charge on any atom is -0.326 e. The Hall–Kier alpha value is -2.50. The molecule has 0 aliphatic carbocycles. The van der Waals surface area contributed by atoms with Crippen LogP contribution in [-0.2, 0) is 5.54 Å². The summed E-state index contributed by atoms with van der Waals surface area (Å²) in [6, 6.07) is 7.06. The summed E-state index contributed by atoms with van der Waals surface area (Å²) >= 11 is 0. The van der Waals surface area contributed by atoms with Crippen LogP contribution in [-0.4, -0.2) is 27.3 Å². The van der Waals surface area contributed by atoms with Gasteiger partial charge in [-0.05, 0) is 44.9 Å². The summed E-state index contributed by atoms with van der Waals surface area (Å²) in [6.45, 7) is 4.17. The Kier molecular flexibility index (Phi) is 3.75. The van der Waals surface area contributed by atoms with Crippen molar-refractivity contribution in [1.29, 1.82) is 0 Å². The molecule has 0 bridgehead atoms. The van der Waals surface area contributed by atoms with Gasteiger partial charge in [-0.3, -0.25) is 9.59 Å². The molecule has 1 aromatic heterocycles. The molecular weight excluding hydrogens is 297 g/mol. The Morgan fingerprint density at radius 1 is 1.39 bits per heavy atom. The number of aryl methyl sites for hydroxylation is 1. The molecule has 1 aromatic carbocycles. The van der Waals surface area contributed by atoms with Crippen LogP contribution in [0.5, 0.6) is 0 Å². The molecule has 1 aliphatic heterocycles. The maximum Gasteiger partial charge on any atom is 0.254 e. The van der Waals surface area contributed by atoms with Crippen molar-refractivity contribution < 1.29 is 9.18 Å².